The van der Waals surface area contributed by atoms with Crippen LogP contribution in [0.2, 0.25) is 0 Å². The van der Waals surface area contributed by atoms with E-state index >= 15 is 0 Å². The van der Waals surface area contributed by atoms with Gasteiger partial charge in [0, 0.05) is 18.8 Å². The number of carbonyl (C=O) groups is 2. The SMILES string of the molecule is CCC(C)OC(=O)Cn1c(SCCCN(CCc2ccccc2)C(=O)Cc2ccccc2)nc2ccccc21. The fourth-order valence-electron chi connectivity index (χ4n) is 4.36. The molecule has 0 saturated heterocycles. The molecule has 6 nitrogen and oxygen atoms in total. The molecule has 7 heteroatoms. The summed E-state index contributed by atoms with van der Waals surface area (Å²) in [5.41, 5.74) is 4.03. The summed E-state index contributed by atoms with van der Waals surface area (Å²) in [6.45, 7) is 5.38. The second-order valence-electron chi connectivity index (χ2n) is 9.66. The van der Waals surface area contributed by atoms with E-state index in [1.54, 1.807) is 11.8 Å². The Morgan fingerprint density at radius 2 is 1.59 bits per heavy atom. The number of nitrogens with zero attached hydrogens (tertiary/aromatic N) is 3. The first-order valence-corrected chi connectivity index (χ1v) is 14.6. The van der Waals surface area contributed by atoms with Crippen LogP contribution in [0.1, 0.15) is 37.8 Å². The molecular formula is C32H37N3O3S. The fourth-order valence-corrected chi connectivity index (χ4v) is 5.30. The Morgan fingerprint density at radius 3 is 2.31 bits per heavy atom. The predicted molar refractivity (Wildman–Crippen MR) is 158 cm³/mol. The van der Waals surface area contributed by atoms with Crippen LogP contribution in [0.25, 0.3) is 11.0 Å². The van der Waals surface area contributed by atoms with Crippen molar-refractivity contribution >= 4 is 34.7 Å². The third-order valence-electron chi connectivity index (χ3n) is 6.68. The topological polar surface area (TPSA) is 64.4 Å². The third kappa shape index (κ3) is 8.45. The third-order valence-corrected chi connectivity index (χ3v) is 7.74. The van der Waals surface area contributed by atoms with Crippen LogP contribution in [-0.2, 0) is 33.7 Å². The molecule has 0 fully saturated rings. The Bertz CT molecular complexity index is 1340. The number of thioether (sulfide) groups is 1. The van der Waals surface area contributed by atoms with Gasteiger partial charge in [0.2, 0.25) is 5.91 Å². The number of hydrogen-bond acceptors (Lipinski definition) is 5. The number of para-hydroxylation sites is 2. The van der Waals surface area contributed by atoms with Crippen molar-refractivity contribution in [2.75, 3.05) is 18.8 Å². The smallest absolute Gasteiger partial charge is 0.326 e. The van der Waals surface area contributed by atoms with Crippen LogP contribution in [-0.4, -0.2) is 51.3 Å². The van der Waals surface area contributed by atoms with E-state index in [-0.39, 0.29) is 24.5 Å². The molecule has 3 aromatic carbocycles. The second kappa shape index (κ2) is 14.5. The number of fused-ring (bicyclic) bond motifs is 1. The van der Waals surface area contributed by atoms with Crippen molar-refractivity contribution in [2.24, 2.45) is 0 Å². The summed E-state index contributed by atoms with van der Waals surface area (Å²) in [7, 11) is 0. The maximum atomic E-state index is 13.3. The lowest BCUT2D eigenvalue weighted by atomic mass is 10.1. The molecule has 0 aliphatic rings. The molecule has 0 N–H and O–H groups in total. The van der Waals surface area contributed by atoms with Gasteiger partial charge in [0.15, 0.2) is 5.16 Å². The van der Waals surface area contributed by atoms with E-state index in [2.05, 4.69) is 12.1 Å². The van der Waals surface area contributed by atoms with Crippen molar-refractivity contribution in [3.05, 3.63) is 96.1 Å². The Kier molecular flexibility index (Phi) is 10.6. The van der Waals surface area contributed by atoms with Crippen molar-refractivity contribution in [3.8, 4) is 0 Å². The normalized spacial score (nSPS) is 11.8. The molecule has 1 heterocycles. The number of benzene rings is 3. The van der Waals surface area contributed by atoms with Gasteiger partial charge in [-0.3, -0.25) is 9.59 Å². The standard InChI is InChI=1S/C32H37N3O3S/c1-3-25(2)38-31(37)24-35-29-18-11-10-17-28(29)33-32(35)39-22-12-20-34(21-19-26-13-6-4-7-14-26)30(36)23-27-15-8-5-9-16-27/h4-11,13-18,25H,3,12,19-24H2,1-2H3. The zero-order valence-electron chi connectivity index (χ0n) is 22.8. The van der Waals surface area contributed by atoms with Crippen LogP contribution in [0.4, 0.5) is 0 Å². The second-order valence-corrected chi connectivity index (χ2v) is 10.7. The lowest BCUT2D eigenvalue weighted by Crippen LogP contribution is -2.35. The average molecular weight is 544 g/mol. The summed E-state index contributed by atoms with van der Waals surface area (Å²) >= 11 is 1.62. The van der Waals surface area contributed by atoms with Gasteiger partial charge in [-0.25, -0.2) is 4.98 Å². The van der Waals surface area contributed by atoms with Crippen molar-refractivity contribution < 1.29 is 14.3 Å². The number of hydrogen-bond donors (Lipinski definition) is 0. The minimum absolute atomic E-state index is 0.112. The van der Waals surface area contributed by atoms with Gasteiger partial charge in [0.1, 0.15) is 6.54 Å². The van der Waals surface area contributed by atoms with Crippen molar-refractivity contribution in [3.63, 3.8) is 0 Å². The number of imidazole rings is 1. The summed E-state index contributed by atoms with van der Waals surface area (Å²) in [6.07, 6.45) is 2.71. The van der Waals surface area contributed by atoms with Crippen LogP contribution in [0.3, 0.4) is 0 Å². The molecule has 4 rings (SSSR count). The molecule has 1 amide bonds. The van der Waals surface area contributed by atoms with Gasteiger partial charge in [-0.05, 0) is 49.4 Å². The van der Waals surface area contributed by atoms with Gasteiger partial charge in [0.05, 0.1) is 23.6 Å². The lowest BCUT2D eigenvalue weighted by Gasteiger charge is -2.23. The molecule has 1 unspecified atom stereocenters. The highest BCUT2D eigenvalue weighted by Crippen LogP contribution is 2.25. The van der Waals surface area contributed by atoms with Crippen molar-refractivity contribution in [2.45, 2.75) is 57.3 Å². The molecule has 0 bridgehead atoms. The minimum Gasteiger partial charge on any atom is -0.461 e. The van der Waals surface area contributed by atoms with Crippen molar-refractivity contribution in [1.82, 2.24) is 14.5 Å². The van der Waals surface area contributed by atoms with Gasteiger partial charge >= 0.3 is 5.97 Å². The number of esters is 1. The van der Waals surface area contributed by atoms with Gasteiger partial charge in [0.25, 0.3) is 0 Å². The molecule has 204 valence electrons. The quantitative estimate of drug-likeness (QED) is 0.108. The lowest BCUT2D eigenvalue weighted by molar-refractivity contribution is -0.149. The van der Waals surface area contributed by atoms with E-state index in [4.69, 9.17) is 9.72 Å². The van der Waals surface area contributed by atoms with E-state index in [0.29, 0.717) is 19.5 Å². The minimum atomic E-state index is -0.257. The van der Waals surface area contributed by atoms with Gasteiger partial charge in [-0.2, -0.15) is 0 Å². The molecule has 39 heavy (non-hydrogen) atoms. The highest BCUT2D eigenvalue weighted by atomic mass is 32.2. The maximum Gasteiger partial charge on any atom is 0.326 e. The first kappa shape index (κ1) is 28.4. The zero-order chi connectivity index (χ0) is 27.5. The number of aromatic nitrogens is 2. The Hall–Kier alpha value is -3.58. The summed E-state index contributed by atoms with van der Waals surface area (Å²) in [4.78, 5) is 32.6. The molecular weight excluding hydrogens is 506 g/mol. The molecule has 4 aromatic rings. The molecule has 1 atom stereocenters. The molecule has 0 radical (unpaired) electrons. The van der Waals surface area contributed by atoms with Gasteiger partial charge in [-0.1, -0.05) is 91.5 Å². The van der Waals surface area contributed by atoms with E-state index in [1.807, 2.05) is 96.1 Å². The average Bonchev–Trinajstić information content (AvgIpc) is 3.30. The largest absolute Gasteiger partial charge is 0.461 e. The maximum absolute atomic E-state index is 13.3. The highest BCUT2D eigenvalue weighted by Gasteiger charge is 2.18. The van der Waals surface area contributed by atoms with Gasteiger partial charge < -0.3 is 14.2 Å². The molecule has 0 aliphatic heterocycles. The molecule has 1 aromatic heterocycles. The van der Waals surface area contributed by atoms with Crippen LogP contribution in [0.15, 0.2) is 90.1 Å². The first-order valence-electron chi connectivity index (χ1n) is 13.7. The molecule has 0 saturated carbocycles. The number of carbonyl (C=O) groups excluding carboxylic acids is 2. The monoisotopic (exact) mass is 543 g/mol. The molecule has 0 spiro atoms. The Balaban J connectivity index is 1.39. The van der Waals surface area contributed by atoms with E-state index < -0.39 is 0 Å². The van der Waals surface area contributed by atoms with Crippen LogP contribution in [0.5, 0.6) is 0 Å². The summed E-state index contributed by atoms with van der Waals surface area (Å²) in [5.74, 6) is 0.666. The number of ether oxygens (including phenoxy) is 1. The number of rotatable bonds is 14. The first-order chi connectivity index (χ1) is 19.0. The predicted octanol–water partition coefficient (Wildman–Crippen LogP) is 6.17. The number of amides is 1. The Labute approximate surface area is 235 Å². The Morgan fingerprint density at radius 1 is 0.923 bits per heavy atom. The summed E-state index contributed by atoms with van der Waals surface area (Å²) in [6, 6.07) is 28.0. The summed E-state index contributed by atoms with van der Waals surface area (Å²) in [5, 5.41) is 0.795. The zero-order valence-corrected chi connectivity index (χ0v) is 23.6. The van der Waals surface area contributed by atoms with E-state index in [0.717, 1.165) is 46.8 Å². The summed E-state index contributed by atoms with van der Waals surface area (Å²) < 4.78 is 7.47. The van der Waals surface area contributed by atoms with E-state index in [1.165, 1.54) is 5.56 Å². The van der Waals surface area contributed by atoms with Gasteiger partial charge in [-0.15, -0.1) is 0 Å². The van der Waals surface area contributed by atoms with Crippen molar-refractivity contribution in [1.29, 1.82) is 0 Å². The fraction of sp³-hybridized carbons (Fsp3) is 0.344. The van der Waals surface area contributed by atoms with Crippen LogP contribution < -0.4 is 0 Å². The van der Waals surface area contributed by atoms with E-state index in [9.17, 15) is 9.59 Å². The van der Waals surface area contributed by atoms with Crippen LogP contribution >= 0.6 is 11.8 Å². The molecule has 0 aliphatic carbocycles. The highest BCUT2D eigenvalue weighted by molar-refractivity contribution is 7.99. The van der Waals surface area contributed by atoms with Crippen LogP contribution in [0, 0.1) is 0 Å².